The molecule has 2 aromatic heterocycles. The van der Waals surface area contributed by atoms with Gasteiger partial charge in [-0.2, -0.15) is 18.3 Å². The van der Waals surface area contributed by atoms with Gasteiger partial charge in [0.1, 0.15) is 34.6 Å². The summed E-state index contributed by atoms with van der Waals surface area (Å²) in [6.45, 7) is 0. The third-order valence-electron chi connectivity index (χ3n) is 4.91. The molecular weight excluding hydrogens is 515 g/mol. The maximum absolute atomic E-state index is 14.7. The van der Waals surface area contributed by atoms with E-state index >= 15 is 0 Å². The van der Waals surface area contributed by atoms with Crippen LogP contribution in [0.3, 0.4) is 0 Å². The van der Waals surface area contributed by atoms with Gasteiger partial charge in [-0.1, -0.05) is 6.07 Å². The maximum atomic E-state index is 14.7. The molecule has 0 aliphatic carbocycles. The number of pyridine rings is 1. The Morgan fingerprint density at radius 2 is 1.71 bits per heavy atom. The fourth-order valence-electron chi connectivity index (χ4n) is 3.21. The highest BCUT2D eigenvalue weighted by molar-refractivity contribution is 5.99. The van der Waals surface area contributed by atoms with Crippen molar-refractivity contribution in [1.29, 1.82) is 0 Å². The highest BCUT2D eigenvalue weighted by Crippen LogP contribution is 2.32. The summed E-state index contributed by atoms with van der Waals surface area (Å²) in [5, 5.41) is 10.2. The maximum Gasteiger partial charge on any atom is 0.435 e. The topological polar surface area (TPSA) is 110 Å². The van der Waals surface area contributed by atoms with E-state index in [1.165, 1.54) is 43.6 Å². The van der Waals surface area contributed by atoms with Crippen molar-refractivity contribution in [3.05, 3.63) is 89.9 Å². The smallest absolute Gasteiger partial charge is 0.435 e. The zero-order valence-corrected chi connectivity index (χ0v) is 19.3. The predicted octanol–water partition coefficient (Wildman–Crippen LogP) is 5.36. The molecule has 38 heavy (non-hydrogen) atoms. The molecule has 0 bridgehead atoms. The molecular formula is C24H17F5N6O3. The number of nitrogens with zero attached hydrogens (tertiary/aromatic N) is 3. The third kappa shape index (κ3) is 6.03. The summed E-state index contributed by atoms with van der Waals surface area (Å²) in [5.74, 6) is -2.32. The number of anilines is 2. The molecule has 0 spiro atoms. The van der Waals surface area contributed by atoms with Crippen LogP contribution in [0.15, 0.2) is 66.9 Å². The lowest BCUT2D eigenvalue weighted by Gasteiger charge is -2.12. The molecule has 3 N–H and O–H groups in total. The normalized spacial score (nSPS) is 11.1. The van der Waals surface area contributed by atoms with Gasteiger partial charge >= 0.3 is 12.2 Å². The fraction of sp³-hybridized carbons (Fsp3) is 0.0833. The second-order valence-corrected chi connectivity index (χ2v) is 7.58. The van der Waals surface area contributed by atoms with Crippen LogP contribution in [0, 0.1) is 11.6 Å². The number of rotatable bonds is 6. The zero-order valence-electron chi connectivity index (χ0n) is 19.3. The number of amides is 3. The summed E-state index contributed by atoms with van der Waals surface area (Å²) in [5.41, 5.74) is -1.66. The Kier molecular flexibility index (Phi) is 7.23. The summed E-state index contributed by atoms with van der Waals surface area (Å²) in [6.07, 6.45) is -3.52. The summed E-state index contributed by atoms with van der Waals surface area (Å²) >= 11 is 0. The molecule has 0 radical (unpaired) electrons. The SMILES string of the molecule is CNC(=O)c1cc(Oc2ccc(NC(=O)Nc3cc(C(F)(F)F)nn3-c3cccc(F)c3)c(F)c2)ccn1. The van der Waals surface area contributed by atoms with Crippen LogP contribution in [0.5, 0.6) is 11.5 Å². The molecule has 0 aliphatic heterocycles. The van der Waals surface area contributed by atoms with Gasteiger partial charge in [-0.25, -0.2) is 18.3 Å². The lowest BCUT2D eigenvalue weighted by molar-refractivity contribution is -0.141. The van der Waals surface area contributed by atoms with Crippen molar-refractivity contribution in [3.8, 4) is 17.2 Å². The minimum Gasteiger partial charge on any atom is -0.457 e. The minimum absolute atomic E-state index is 0.0292. The number of ether oxygens (including phenoxy) is 1. The molecule has 0 saturated heterocycles. The predicted molar refractivity (Wildman–Crippen MR) is 125 cm³/mol. The molecule has 3 amide bonds. The molecule has 0 unspecified atom stereocenters. The molecule has 9 nitrogen and oxygen atoms in total. The molecule has 2 heterocycles. The summed E-state index contributed by atoms with van der Waals surface area (Å²) in [6, 6.07) is 10.2. The standard InChI is InChI=1S/C24H17F5N6O3/c1-30-22(36)19-11-16(7-8-31-19)38-15-5-6-18(17(26)10-15)32-23(37)33-21-12-20(24(27,28)29)34-35(21)14-4-2-3-13(25)9-14/h2-12H,1H3,(H,30,36)(H2,32,33,37). The van der Waals surface area contributed by atoms with E-state index in [0.717, 1.165) is 24.3 Å². The van der Waals surface area contributed by atoms with Gasteiger partial charge in [-0.15, -0.1) is 0 Å². The lowest BCUT2D eigenvalue weighted by Crippen LogP contribution is -2.22. The molecule has 196 valence electrons. The Labute approximate surface area is 211 Å². The van der Waals surface area contributed by atoms with Crippen LogP contribution in [0.4, 0.5) is 38.3 Å². The first-order valence-electron chi connectivity index (χ1n) is 10.7. The number of urea groups is 1. The van der Waals surface area contributed by atoms with Gasteiger partial charge in [-0.3, -0.25) is 15.1 Å². The van der Waals surface area contributed by atoms with Gasteiger partial charge in [-0.05, 0) is 36.4 Å². The average molecular weight is 532 g/mol. The molecule has 4 rings (SSSR count). The summed E-state index contributed by atoms with van der Waals surface area (Å²) in [4.78, 5) is 28.1. The van der Waals surface area contributed by atoms with E-state index in [2.05, 4.69) is 26.0 Å². The highest BCUT2D eigenvalue weighted by atomic mass is 19.4. The molecule has 0 saturated carbocycles. The fourth-order valence-corrected chi connectivity index (χ4v) is 3.21. The van der Waals surface area contributed by atoms with Crippen molar-refractivity contribution in [3.63, 3.8) is 0 Å². The number of benzene rings is 2. The van der Waals surface area contributed by atoms with Crippen molar-refractivity contribution in [2.75, 3.05) is 17.7 Å². The Balaban J connectivity index is 1.50. The van der Waals surface area contributed by atoms with Gasteiger partial charge in [0.25, 0.3) is 5.91 Å². The molecule has 14 heteroatoms. The Morgan fingerprint density at radius 1 is 0.947 bits per heavy atom. The summed E-state index contributed by atoms with van der Waals surface area (Å²) < 4.78 is 74.2. The van der Waals surface area contributed by atoms with Crippen LogP contribution in [-0.2, 0) is 6.18 Å². The zero-order chi connectivity index (χ0) is 27.4. The number of carbonyl (C=O) groups excluding carboxylic acids is 2. The van der Waals surface area contributed by atoms with Crippen molar-refractivity contribution in [1.82, 2.24) is 20.1 Å². The first-order chi connectivity index (χ1) is 18.0. The average Bonchev–Trinajstić information content (AvgIpc) is 3.30. The van der Waals surface area contributed by atoms with Crippen molar-refractivity contribution in [2.24, 2.45) is 0 Å². The Morgan fingerprint density at radius 3 is 2.39 bits per heavy atom. The number of alkyl halides is 3. The Bertz CT molecular complexity index is 1510. The van der Waals surface area contributed by atoms with E-state index in [0.29, 0.717) is 10.7 Å². The largest absolute Gasteiger partial charge is 0.457 e. The number of nitrogens with one attached hydrogen (secondary N) is 3. The van der Waals surface area contributed by atoms with Crippen molar-refractivity contribution < 1.29 is 36.3 Å². The van der Waals surface area contributed by atoms with E-state index in [1.54, 1.807) is 0 Å². The van der Waals surface area contributed by atoms with Crippen LogP contribution >= 0.6 is 0 Å². The van der Waals surface area contributed by atoms with Gasteiger partial charge in [0, 0.05) is 31.4 Å². The van der Waals surface area contributed by atoms with Crippen LogP contribution in [0.25, 0.3) is 5.69 Å². The number of aromatic nitrogens is 3. The van der Waals surface area contributed by atoms with E-state index < -0.39 is 41.3 Å². The number of hydrogen-bond acceptors (Lipinski definition) is 5. The highest BCUT2D eigenvalue weighted by Gasteiger charge is 2.35. The first-order valence-corrected chi connectivity index (χ1v) is 10.7. The quantitative estimate of drug-likeness (QED) is 0.290. The van der Waals surface area contributed by atoms with Gasteiger partial charge in [0.15, 0.2) is 5.69 Å². The molecule has 4 aromatic rings. The molecule has 2 aromatic carbocycles. The van der Waals surface area contributed by atoms with Crippen LogP contribution in [0.2, 0.25) is 0 Å². The second-order valence-electron chi connectivity index (χ2n) is 7.58. The minimum atomic E-state index is -4.84. The van der Waals surface area contributed by atoms with Crippen LogP contribution in [0.1, 0.15) is 16.2 Å². The van der Waals surface area contributed by atoms with Crippen molar-refractivity contribution in [2.45, 2.75) is 6.18 Å². The number of hydrogen-bond donors (Lipinski definition) is 3. The second kappa shape index (κ2) is 10.5. The number of halogens is 5. The van der Waals surface area contributed by atoms with Crippen LogP contribution in [-0.4, -0.2) is 33.8 Å². The first kappa shape index (κ1) is 26.1. The van der Waals surface area contributed by atoms with E-state index in [-0.39, 0.29) is 28.6 Å². The molecule has 0 aliphatic rings. The lowest BCUT2D eigenvalue weighted by atomic mass is 10.2. The van der Waals surface area contributed by atoms with Gasteiger partial charge in [0.05, 0.1) is 11.4 Å². The van der Waals surface area contributed by atoms with E-state index in [9.17, 15) is 31.5 Å². The van der Waals surface area contributed by atoms with Crippen molar-refractivity contribution >= 4 is 23.4 Å². The van der Waals surface area contributed by atoms with Gasteiger partial charge < -0.3 is 15.4 Å². The van der Waals surface area contributed by atoms with E-state index in [4.69, 9.17) is 4.74 Å². The Hall–Kier alpha value is -5.01. The molecule has 0 atom stereocenters. The van der Waals surface area contributed by atoms with Gasteiger partial charge in [0.2, 0.25) is 0 Å². The molecule has 0 fully saturated rings. The number of carbonyl (C=O) groups is 2. The third-order valence-corrected chi connectivity index (χ3v) is 4.91. The monoisotopic (exact) mass is 532 g/mol. The van der Waals surface area contributed by atoms with Crippen LogP contribution < -0.4 is 20.7 Å². The summed E-state index contributed by atoms with van der Waals surface area (Å²) in [7, 11) is 1.43. The van der Waals surface area contributed by atoms with E-state index in [1.807, 2.05) is 0 Å².